The molecule has 3 aliphatic carbocycles. The van der Waals surface area contributed by atoms with Crippen molar-refractivity contribution in [3.8, 4) is 0 Å². The maximum atomic E-state index is 13.5. The molecule has 3 saturated carbocycles. The van der Waals surface area contributed by atoms with Crippen molar-refractivity contribution < 1.29 is 8.78 Å². The Balaban J connectivity index is 1.61. The summed E-state index contributed by atoms with van der Waals surface area (Å²) in [5.41, 5.74) is 0.326. The zero-order valence-electron chi connectivity index (χ0n) is 11.9. The third-order valence-electron chi connectivity index (χ3n) is 5.56. The standard InChI is InChI=1S/C16H15F2N3O/c17-11-3-10(4-12(18)5-11)13-1-2-14-19-21(15(22)20(13)14)16-6-9(7-16)8-16/h3-5,9,13H,1-2,6-8H2/t9?,13-,16?/m0/s1. The van der Waals surface area contributed by atoms with Gasteiger partial charge in [0.2, 0.25) is 0 Å². The van der Waals surface area contributed by atoms with Crippen LogP contribution >= 0.6 is 0 Å². The molecule has 2 bridgehead atoms. The smallest absolute Gasteiger partial charge is 0.271 e. The highest BCUT2D eigenvalue weighted by atomic mass is 19.1. The van der Waals surface area contributed by atoms with E-state index in [1.54, 1.807) is 9.25 Å². The monoisotopic (exact) mass is 303 g/mol. The highest BCUT2D eigenvalue weighted by Gasteiger charge is 2.60. The van der Waals surface area contributed by atoms with Crippen molar-refractivity contribution >= 4 is 0 Å². The normalized spacial score (nSPS) is 31.5. The van der Waals surface area contributed by atoms with Gasteiger partial charge in [-0.25, -0.2) is 18.3 Å². The molecule has 3 fully saturated rings. The van der Waals surface area contributed by atoms with E-state index in [9.17, 15) is 13.6 Å². The van der Waals surface area contributed by atoms with Crippen LogP contribution in [0, 0.1) is 17.6 Å². The number of hydrogen-bond acceptors (Lipinski definition) is 2. The molecule has 6 heteroatoms. The van der Waals surface area contributed by atoms with E-state index in [0.29, 0.717) is 18.4 Å². The first-order valence-corrected chi connectivity index (χ1v) is 7.73. The van der Waals surface area contributed by atoms with Crippen molar-refractivity contribution in [1.29, 1.82) is 0 Å². The van der Waals surface area contributed by atoms with Gasteiger partial charge in [0.05, 0.1) is 11.6 Å². The molecule has 2 heterocycles. The summed E-state index contributed by atoms with van der Waals surface area (Å²) in [6.45, 7) is 0. The van der Waals surface area contributed by atoms with Crippen LogP contribution in [0.1, 0.15) is 43.1 Å². The minimum absolute atomic E-state index is 0.0587. The highest BCUT2D eigenvalue weighted by molar-refractivity contribution is 5.25. The van der Waals surface area contributed by atoms with Gasteiger partial charge in [0.25, 0.3) is 0 Å². The van der Waals surface area contributed by atoms with E-state index in [1.165, 1.54) is 12.1 Å². The Morgan fingerprint density at radius 3 is 2.41 bits per heavy atom. The molecule has 0 N–H and O–H groups in total. The lowest BCUT2D eigenvalue weighted by Crippen LogP contribution is -2.62. The summed E-state index contributed by atoms with van der Waals surface area (Å²) in [6.07, 6.45) is 4.47. The Morgan fingerprint density at radius 2 is 1.82 bits per heavy atom. The fourth-order valence-corrected chi connectivity index (χ4v) is 4.38. The second kappa shape index (κ2) is 3.86. The molecule has 4 nitrogen and oxygen atoms in total. The molecule has 0 radical (unpaired) electrons. The number of hydrogen-bond donors (Lipinski definition) is 0. The van der Waals surface area contributed by atoms with Gasteiger partial charge in [-0.05, 0) is 49.3 Å². The number of halogens is 2. The van der Waals surface area contributed by atoms with Crippen LogP contribution in [0.15, 0.2) is 23.0 Å². The molecule has 1 aromatic heterocycles. The van der Waals surface area contributed by atoms with E-state index in [2.05, 4.69) is 5.10 Å². The number of rotatable bonds is 2. The predicted molar refractivity (Wildman–Crippen MR) is 74.6 cm³/mol. The van der Waals surface area contributed by atoms with Gasteiger partial charge in [0.15, 0.2) is 0 Å². The van der Waals surface area contributed by atoms with Gasteiger partial charge < -0.3 is 0 Å². The highest BCUT2D eigenvalue weighted by Crippen LogP contribution is 2.61. The number of nitrogens with zero attached hydrogens (tertiary/aromatic N) is 3. The van der Waals surface area contributed by atoms with Crippen LogP contribution in [0.25, 0.3) is 0 Å². The van der Waals surface area contributed by atoms with Crippen molar-refractivity contribution in [1.82, 2.24) is 14.3 Å². The van der Waals surface area contributed by atoms with E-state index >= 15 is 0 Å². The van der Waals surface area contributed by atoms with E-state index in [0.717, 1.165) is 37.1 Å². The number of aromatic nitrogens is 3. The summed E-state index contributed by atoms with van der Waals surface area (Å²) in [5, 5.41) is 4.52. The van der Waals surface area contributed by atoms with E-state index < -0.39 is 11.6 Å². The lowest BCUT2D eigenvalue weighted by Gasteiger charge is -2.60. The number of fused-ring (bicyclic) bond motifs is 1. The minimum Gasteiger partial charge on any atom is -0.271 e. The van der Waals surface area contributed by atoms with Crippen LogP contribution in [-0.4, -0.2) is 14.3 Å². The average Bonchev–Trinajstić information content (AvgIpc) is 2.87. The van der Waals surface area contributed by atoms with Gasteiger partial charge in [-0.15, -0.1) is 0 Å². The molecular formula is C16H15F2N3O. The van der Waals surface area contributed by atoms with Crippen LogP contribution in [0.2, 0.25) is 0 Å². The molecule has 1 atom stereocenters. The molecule has 0 amide bonds. The lowest BCUT2D eigenvalue weighted by molar-refractivity contribution is -0.101. The SMILES string of the molecule is O=c1n(C23CC(C2)C3)nc2n1[C@H](c1cc(F)cc(F)c1)CC2. The number of aryl methyl sites for hydroxylation is 1. The predicted octanol–water partition coefficient (Wildman–Crippen LogP) is 2.37. The van der Waals surface area contributed by atoms with Crippen LogP contribution in [0.3, 0.4) is 0 Å². The summed E-state index contributed by atoms with van der Waals surface area (Å²) in [6, 6.07) is 3.17. The Bertz CT molecular complexity index is 816. The Kier molecular flexibility index (Phi) is 2.20. The Morgan fingerprint density at radius 1 is 1.14 bits per heavy atom. The minimum atomic E-state index is -0.608. The first kappa shape index (κ1) is 12.6. The number of benzene rings is 1. The second-order valence-electron chi connectivity index (χ2n) is 6.94. The fourth-order valence-electron chi connectivity index (χ4n) is 4.38. The molecular weight excluding hydrogens is 288 g/mol. The second-order valence-corrected chi connectivity index (χ2v) is 6.94. The molecule has 0 spiro atoms. The third kappa shape index (κ3) is 1.45. The summed E-state index contributed by atoms with van der Waals surface area (Å²) < 4.78 is 30.2. The molecule has 114 valence electrons. The van der Waals surface area contributed by atoms with Crippen LogP contribution in [0.4, 0.5) is 8.78 Å². The molecule has 22 heavy (non-hydrogen) atoms. The Hall–Kier alpha value is -1.98. The molecule has 6 rings (SSSR count). The topological polar surface area (TPSA) is 39.8 Å². The summed E-state index contributed by atoms with van der Waals surface area (Å²) in [7, 11) is 0. The van der Waals surface area contributed by atoms with Crippen LogP contribution in [-0.2, 0) is 12.0 Å². The summed E-state index contributed by atoms with van der Waals surface area (Å²) in [4.78, 5) is 12.8. The molecule has 4 aliphatic rings. The van der Waals surface area contributed by atoms with E-state index in [-0.39, 0.29) is 17.3 Å². The molecule has 0 saturated heterocycles. The van der Waals surface area contributed by atoms with E-state index in [4.69, 9.17) is 0 Å². The molecule has 1 aliphatic heterocycles. The van der Waals surface area contributed by atoms with Crippen molar-refractivity contribution in [2.45, 2.75) is 43.7 Å². The first-order valence-electron chi connectivity index (χ1n) is 7.73. The van der Waals surface area contributed by atoms with Gasteiger partial charge in [-0.3, -0.25) is 4.57 Å². The average molecular weight is 303 g/mol. The van der Waals surface area contributed by atoms with Gasteiger partial charge in [-0.1, -0.05) is 0 Å². The van der Waals surface area contributed by atoms with Gasteiger partial charge in [-0.2, -0.15) is 5.10 Å². The summed E-state index contributed by atoms with van der Waals surface area (Å²) >= 11 is 0. The first-order chi connectivity index (χ1) is 10.6. The molecule has 1 aromatic carbocycles. The third-order valence-corrected chi connectivity index (χ3v) is 5.56. The maximum Gasteiger partial charge on any atom is 0.347 e. The van der Waals surface area contributed by atoms with Crippen molar-refractivity contribution in [3.05, 3.63) is 51.7 Å². The lowest BCUT2D eigenvalue weighted by atomic mass is 9.50. The van der Waals surface area contributed by atoms with Gasteiger partial charge in [0, 0.05) is 12.5 Å². The quantitative estimate of drug-likeness (QED) is 0.854. The van der Waals surface area contributed by atoms with Gasteiger partial charge in [0.1, 0.15) is 17.5 Å². The molecule has 2 aromatic rings. The van der Waals surface area contributed by atoms with Crippen molar-refractivity contribution in [3.63, 3.8) is 0 Å². The van der Waals surface area contributed by atoms with Crippen LogP contribution < -0.4 is 5.69 Å². The zero-order valence-corrected chi connectivity index (χ0v) is 11.9. The Labute approximate surface area is 125 Å². The largest absolute Gasteiger partial charge is 0.347 e. The van der Waals surface area contributed by atoms with E-state index in [1.807, 2.05) is 0 Å². The fraction of sp³-hybridized carbons (Fsp3) is 0.500. The van der Waals surface area contributed by atoms with Gasteiger partial charge >= 0.3 is 5.69 Å². The molecule has 0 unspecified atom stereocenters. The maximum absolute atomic E-state index is 13.5. The van der Waals surface area contributed by atoms with Crippen molar-refractivity contribution in [2.24, 2.45) is 5.92 Å². The van der Waals surface area contributed by atoms with Crippen molar-refractivity contribution in [2.75, 3.05) is 0 Å². The zero-order chi connectivity index (χ0) is 15.1. The van der Waals surface area contributed by atoms with Crippen LogP contribution in [0.5, 0.6) is 0 Å². The summed E-state index contributed by atoms with van der Waals surface area (Å²) in [5.74, 6) is 0.285.